The summed E-state index contributed by atoms with van der Waals surface area (Å²) in [5.74, 6) is 1.89. The molecule has 0 radical (unpaired) electrons. The van der Waals surface area contributed by atoms with Crippen molar-refractivity contribution >= 4 is 21.7 Å². The maximum atomic E-state index is 4.44. The number of rotatable bonds is 1. The lowest BCUT2D eigenvalue weighted by Gasteiger charge is -2.22. The highest BCUT2D eigenvalue weighted by atomic mass is 79.9. The number of hydrogen-bond acceptors (Lipinski definition) is 3. The first-order valence-corrected chi connectivity index (χ1v) is 7.24. The van der Waals surface area contributed by atoms with Gasteiger partial charge in [0.1, 0.15) is 5.82 Å². The molecule has 1 saturated carbocycles. The zero-order chi connectivity index (χ0) is 11.7. The molecule has 2 heterocycles. The van der Waals surface area contributed by atoms with Gasteiger partial charge < -0.3 is 10.6 Å². The summed E-state index contributed by atoms with van der Waals surface area (Å²) in [5, 5.41) is 7.17. The zero-order valence-electron chi connectivity index (χ0n) is 9.88. The lowest BCUT2D eigenvalue weighted by atomic mass is 9.98. The van der Waals surface area contributed by atoms with Gasteiger partial charge in [0.05, 0.1) is 0 Å². The Morgan fingerprint density at radius 1 is 1.29 bits per heavy atom. The highest BCUT2D eigenvalue weighted by Crippen LogP contribution is 2.29. The molecule has 3 nitrogen and oxygen atoms in total. The highest BCUT2D eigenvalue weighted by molar-refractivity contribution is 9.10. The van der Waals surface area contributed by atoms with Crippen molar-refractivity contribution in [3.8, 4) is 0 Å². The molecule has 2 aliphatic rings. The van der Waals surface area contributed by atoms with Crippen molar-refractivity contribution < 1.29 is 0 Å². The predicted molar refractivity (Wildman–Crippen MR) is 73.0 cm³/mol. The molecule has 1 fully saturated rings. The summed E-state index contributed by atoms with van der Waals surface area (Å²) >= 11 is 3.48. The summed E-state index contributed by atoms with van der Waals surface area (Å²) < 4.78 is 1.05. The van der Waals surface area contributed by atoms with Gasteiger partial charge in [-0.1, -0.05) is 12.8 Å². The molecule has 1 atom stereocenters. The lowest BCUT2D eigenvalue weighted by molar-refractivity contribution is 0.374. The fourth-order valence-corrected chi connectivity index (χ4v) is 3.37. The fourth-order valence-electron chi connectivity index (χ4n) is 2.99. The second-order valence-electron chi connectivity index (χ2n) is 5.07. The SMILES string of the molecule is Brc1cnc2c(c1)CN[C@@H](C1CCCC1)CN2. The largest absolute Gasteiger partial charge is 0.368 e. The van der Waals surface area contributed by atoms with Crippen LogP contribution in [0.3, 0.4) is 0 Å². The number of nitrogens with zero attached hydrogens (tertiary/aromatic N) is 1. The Hall–Kier alpha value is -0.610. The third-order valence-corrected chi connectivity index (χ3v) is 4.38. The van der Waals surface area contributed by atoms with E-state index < -0.39 is 0 Å². The van der Waals surface area contributed by atoms with Crippen LogP contribution in [0, 0.1) is 5.92 Å². The standard InChI is InChI=1S/C13H18BrN3/c14-11-5-10-6-15-12(9-3-1-2-4-9)8-17-13(10)16-7-11/h5,7,9,12,15H,1-4,6,8H2,(H,16,17)/t12-/m1/s1. The smallest absolute Gasteiger partial charge is 0.130 e. The summed E-state index contributed by atoms with van der Waals surface area (Å²) in [7, 11) is 0. The molecule has 1 aliphatic heterocycles. The molecule has 3 rings (SSSR count). The van der Waals surface area contributed by atoms with E-state index in [1.54, 1.807) is 0 Å². The third kappa shape index (κ3) is 2.47. The van der Waals surface area contributed by atoms with Crippen LogP contribution in [0.2, 0.25) is 0 Å². The van der Waals surface area contributed by atoms with E-state index in [-0.39, 0.29) is 0 Å². The number of nitrogens with one attached hydrogen (secondary N) is 2. The van der Waals surface area contributed by atoms with Gasteiger partial charge in [-0.05, 0) is 40.8 Å². The summed E-state index contributed by atoms with van der Waals surface area (Å²) in [5.41, 5.74) is 1.26. The van der Waals surface area contributed by atoms with Crippen LogP contribution in [0.1, 0.15) is 31.2 Å². The highest BCUT2D eigenvalue weighted by Gasteiger charge is 2.26. The summed E-state index contributed by atoms with van der Waals surface area (Å²) in [6, 6.07) is 2.75. The van der Waals surface area contributed by atoms with E-state index in [0.717, 1.165) is 29.3 Å². The van der Waals surface area contributed by atoms with Gasteiger partial charge in [-0.25, -0.2) is 4.98 Å². The molecule has 0 saturated heterocycles. The van der Waals surface area contributed by atoms with Crippen molar-refractivity contribution in [3.63, 3.8) is 0 Å². The molecule has 17 heavy (non-hydrogen) atoms. The van der Waals surface area contributed by atoms with Crippen molar-refractivity contribution in [2.75, 3.05) is 11.9 Å². The Bertz CT molecular complexity index is 402. The lowest BCUT2D eigenvalue weighted by Crippen LogP contribution is -2.38. The average molecular weight is 296 g/mol. The van der Waals surface area contributed by atoms with Crippen molar-refractivity contribution in [1.29, 1.82) is 0 Å². The van der Waals surface area contributed by atoms with Crippen molar-refractivity contribution in [3.05, 3.63) is 22.3 Å². The predicted octanol–water partition coefficient (Wildman–Crippen LogP) is 2.92. The quantitative estimate of drug-likeness (QED) is 0.836. The van der Waals surface area contributed by atoms with Crippen molar-refractivity contribution in [1.82, 2.24) is 10.3 Å². The Kier molecular flexibility index (Phi) is 3.34. The molecule has 0 bridgehead atoms. The minimum absolute atomic E-state index is 0.602. The van der Waals surface area contributed by atoms with E-state index in [9.17, 15) is 0 Å². The third-order valence-electron chi connectivity index (χ3n) is 3.95. The van der Waals surface area contributed by atoms with Crippen molar-refractivity contribution in [2.45, 2.75) is 38.3 Å². The minimum Gasteiger partial charge on any atom is -0.368 e. The fraction of sp³-hybridized carbons (Fsp3) is 0.615. The number of aromatic nitrogens is 1. The maximum Gasteiger partial charge on any atom is 0.130 e. The second-order valence-corrected chi connectivity index (χ2v) is 5.99. The summed E-state index contributed by atoms with van der Waals surface area (Å²) in [6.07, 6.45) is 7.43. The molecule has 1 aromatic rings. The van der Waals surface area contributed by atoms with Gasteiger partial charge in [0.25, 0.3) is 0 Å². The molecule has 0 spiro atoms. The van der Waals surface area contributed by atoms with Crippen LogP contribution in [0.25, 0.3) is 0 Å². The molecule has 92 valence electrons. The van der Waals surface area contributed by atoms with Crippen LogP contribution < -0.4 is 10.6 Å². The molecule has 1 aliphatic carbocycles. The molecular formula is C13H18BrN3. The number of pyridine rings is 1. The van der Waals surface area contributed by atoms with Gasteiger partial charge in [0.2, 0.25) is 0 Å². The molecule has 0 amide bonds. The van der Waals surface area contributed by atoms with E-state index in [4.69, 9.17) is 0 Å². The van der Waals surface area contributed by atoms with E-state index in [1.807, 2.05) is 6.20 Å². The first-order chi connectivity index (χ1) is 8.33. The van der Waals surface area contributed by atoms with Gasteiger partial charge in [-0.3, -0.25) is 0 Å². The molecule has 2 N–H and O–H groups in total. The van der Waals surface area contributed by atoms with Gasteiger partial charge in [-0.15, -0.1) is 0 Å². The molecular weight excluding hydrogens is 278 g/mol. The van der Waals surface area contributed by atoms with Gasteiger partial charge in [-0.2, -0.15) is 0 Å². The van der Waals surface area contributed by atoms with E-state index >= 15 is 0 Å². The number of halogens is 1. The Morgan fingerprint density at radius 3 is 2.94 bits per heavy atom. The van der Waals surface area contributed by atoms with Crippen LogP contribution in [0.4, 0.5) is 5.82 Å². The molecule has 0 unspecified atom stereocenters. The zero-order valence-corrected chi connectivity index (χ0v) is 11.5. The van der Waals surface area contributed by atoms with Gasteiger partial charge >= 0.3 is 0 Å². The van der Waals surface area contributed by atoms with Crippen molar-refractivity contribution in [2.24, 2.45) is 5.92 Å². The van der Waals surface area contributed by atoms with Crippen LogP contribution in [0.5, 0.6) is 0 Å². The monoisotopic (exact) mass is 295 g/mol. The summed E-state index contributed by atoms with van der Waals surface area (Å²) in [4.78, 5) is 4.44. The van der Waals surface area contributed by atoms with Gasteiger partial charge in [0, 0.05) is 35.4 Å². The number of anilines is 1. The van der Waals surface area contributed by atoms with E-state index in [2.05, 4.69) is 37.6 Å². The molecule has 1 aromatic heterocycles. The van der Waals surface area contributed by atoms with Crippen LogP contribution in [0.15, 0.2) is 16.7 Å². The van der Waals surface area contributed by atoms with Gasteiger partial charge in [0.15, 0.2) is 0 Å². The van der Waals surface area contributed by atoms with Crippen LogP contribution >= 0.6 is 15.9 Å². The van der Waals surface area contributed by atoms with Crippen LogP contribution in [-0.2, 0) is 6.54 Å². The number of fused-ring (bicyclic) bond motifs is 1. The van der Waals surface area contributed by atoms with Crippen LogP contribution in [-0.4, -0.2) is 17.6 Å². The Labute approximate surface area is 111 Å². The molecule has 4 heteroatoms. The Morgan fingerprint density at radius 2 is 2.12 bits per heavy atom. The average Bonchev–Trinajstić information content (AvgIpc) is 2.77. The van der Waals surface area contributed by atoms with E-state index in [1.165, 1.54) is 31.2 Å². The first-order valence-electron chi connectivity index (χ1n) is 6.44. The Balaban J connectivity index is 1.74. The second kappa shape index (κ2) is 4.94. The summed E-state index contributed by atoms with van der Waals surface area (Å²) in [6.45, 7) is 1.93. The normalized spacial score (nSPS) is 25.1. The van der Waals surface area contributed by atoms with E-state index in [0.29, 0.717) is 6.04 Å². The maximum absolute atomic E-state index is 4.44. The topological polar surface area (TPSA) is 37.0 Å². The minimum atomic E-state index is 0.602. The molecule has 0 aromatic carbocycles. The first kappa shape index (κ1) is 11.5. The number of hydrogen-bond donors (Lipinski definition) is 2.